The minimum Gasteiger partial charge on any atom is -0.477 e. The third-order valence-electron chi connectivity index (χ3n) is 5.94. The monoisotopic (exact) mass is 520 g/mol. The fourth-order valence-electron chi connectivity index (χ4n) is 4.45. The number of carbonyl (C=O) groups is 3. The van der Waals surface area contributed by atoms with Gasteiger partial charge in [0.15, 0.2) is 0 Å². The van der Waals surface area contributed by atoms with Crippen LogP contribution in [0.1, 0.15) is 32.4 Å². The summed E-state index contributed by atoms with van der Waals surface area (Å²) >= 11 is 8.55. The number of carboxylic acid groups (broad SMARTS) is 1. The van der Waals surface area contributed by atoms with Crippen molar-refractivity contribution in [3.05, 3.63) is 47.2 Å². The SMILES string of the molecule is CC1=C(C(=O)O)N2C(=O)[C@@H](NC(=O)C(c3ccccc3)N3CSC(=S)N(CC(C)C)C3)[C@H]2SC1. The van der Waals surface area contributed by atoms with Gasteiger partial charge < -0.3 is 15.3 Å². The maximum atomic E-state index is 13.6. The van der Waals surface area contributed by atoms with Gasteiger partial charge in [0.25, 0.3) is 5.91 Å². The molecule has 2 fully saturated rings. The van der Waals surface area contributed by atoms with E-state index >= 15 is 0 Å². The first kappa shape index (κ1) is 25.0. The number of β-lactam (4-membered cyclic amide) rings is 1. The second-order valence-corrected chi connectivity index (χ2v) is 11.7. The number of nitrogens with one attached hydrogen (secondary N) is 1. The second-order valence-electron chi connectivity index (χ2n) is 9.03. The summed E-state index contributed by atoms with van der Waals surface area (Å²) in [6, 6.07) is 8.15. The fourth-order valence-corrected chi connectivity index (χ4v) is 6.85. The van der Waals surface area contributed by atoms with Crippen molar-refractivity contribution in [1.82, 2.24) is 20.0 Å². The third kappa shape index (κ3) is 4.84. The van der Waals surface area contributed by atoms with Gasteiger partial charge in [0, 0.05) is 12.3 Å². The summed E-state index contributed by atoms with van der Waals surface area (Å²) < 4.78 is 0.823. The van der Waals surface area contributed by atoms with Crippen LogP contribution in [-0.2, 0) is 14.4 Å². The summed E-state index contributed by atoms with van der Waals surface area (Å²) in [6.07, 6.45) is 0. The number of rotatable bonds is 7. The zero-order valence-corrected chi connectivity index (χ0v) is 21.7. The molecule has 0 spiro atoms. The molecule has 3 aliphatic rings. The molecule has 0 aliphatic carbocycles. The number of carboxylic acids is 1. The van der Waals surface area contributed by atoms with Crippen molar-refractivity contribution in [3.8, 4) is 0 Å². The molecule has 2 N–H and O–H groups in total. The maximum Gasteiger partial charge on any atom is 0.352 e. The second kappa shape index (κ2) is 10.3. The highest BCUT2D eigenvalue weighted by atomic mass is 32.2. The predicted octanol–water partition coefficient (Wildman–Crippen LogP) is 2.69. The number of amides is 2. The Bertz CT molecular complexity index is 1030. The Morgan fingerprint density at radius 2 is 1.97 bits per heavy atom. The molecule has 0 radical (unpaired) electrons. The molecule has 182 valence electrons. The summed E-state index contributed by atoms with van der Waals surface area (Å²) in [4.78, 5) is 43.7. The van der Waals surface area contributed by atoms with Crippen LogP contribution in [0.15, 0.2) is 41.6 Å². The maximum absolute atomic E-state index is 13.6. The van der Waals surface area contributed by atoms with E-state index in [1.165, 1.54) is 28.4 Å². The van der Waals surface area contributed by atoms with Gasteiger partial charge in [0.2, 0.25) is 5.91 Å². The number of thiocarbonyl (C=S) groups is 1. The predicted molar refractivity (Wildman–Crippen MR) is 138 cm³/mol. The average molecular weight is 521 g/mol. The molecule has 1 aromatic carbocycles. The van der Waals surface area contributed by atoms with E-state index in [9.17, 15) is 19.5 Å². The Kier molecular flexibility index (Phi) is 7.56. The van der Waals surface area contributed by atoms with E-state index in [2.05, 4.69) is 29.0 Å². The van der Waals surface area contributed by atoms with E-state index in [-0.39, 0.29) is 17.5 Å². The van der Waals surface area contributed by atoms with Crippen LogP contribution in [0.5, 0.6) is 0 Å². The Morgan fingerprint density at radius 3 is 2.62 bits per heavy atom. The minimum atomic E-state index is -1.12. The molecule has 0 bridgehead atoms. The number of hydrogen-bond acceptors (Lipinski definition) is 7. The van der Waals surface area contributed by atoms with Crippen molar-refractivity contribution in [1.29, 1.82) is 0 Å². The number of hydrogen-bond donors (Lipinski definition) is 2. The van der Waals surface area contributed by atoms with Gasteiger partial charge in [-0.15, -0.1) is 11.8 Å². The lowest BCUT2D eigenvalue weighted by atomic mass is 10.0. The van der Waals surface area contributed by atoms with E-state index in [0.29, 0.717) is 29.8 Å². The third-order valence-corrected chi connectivity index (χ3v) is 8.94. The van der Waals surface area contributed by atoms with E-state index in [4.69, 9.17) is 12.2 Å². The van der Waals surface area contributed by atoms with Gasteiger partial charge in [0.1, 0.15) is 27.5 Å². The minimum absolute atomic E-state index is 0.0316. The van der Waals surface area contributed by atoms with Crippen LogP contribution in [0, 0.1) is 5.92 Å². The van der Waals surface area contributed by atoms with Gasteiger partial charge in [0.05, 0.1) is 12.5 Å². The zero-order chi connectivity index (χ0) is 24.6. The van der Waals surface area contributed by atoms with Crippen LogP contribution >= 0.6 is 35.7 Å². The molecule has 34 heavy (non-hydrogen) atoms. The largest absolute Gasteiger partial charge is 0.477 e. The normalized spacial score (nSPS) is 24.1. The van der Waals surface area contributed by atoms with Gasteiger partial charge in [-0.2, -0.15) is 0 Å². The van der Waals surface area contributed by atoms with Gasteiger partial charge >= 0.3 is 5.97 Å². The molecule has 11 heteroatoms. The van der Waals surface area contributed by atoms with Gasteiger partial charge in [-0.1, -0.05) is 68.2 Å². The first-order chi connectivity index (χ1) is 16.2. The van der Waals surface area contributed by atoms with Crippen molar-refractivity contribution in [2.45, 2.75) is 38.2 Å². The molecule has 3 atom stereocenters. The smallest absolute Gasteiger partial charge is 0.352 e. The van der Waals surface area contributed by atoms with Crippen molar-refractivity contribution in [2.75, 3.05) is 24.8 Å². The zero-order valence-electron chi connectivity index (χ0n) is 19.3. The number of fused-ring (bicyclic) bond motifs is 1. The molecule has 8 nitrogen and oxygen atoms in total. The summed E-state index contributed by atoms with van der Waals surface area (Å²) in [5, 5.41) is 12.1. The molecule has 2 amide bonds. The van der Waals surface area contributed by atoms with E-state index < -0.39 is 23.4 Å². The molecule has 2 saturated heterocycles. The summed E-state index contributed by atoms with van der Waals surface area (Å²) in [7, 11) is 0. The van der Waals surface area contributed by atoms with Crippen LogP contribution in [0.3, 0.4) is 0 Å². The number of benzene rings is 1. The Balaban J connectivity index is 1.54. The lowest BCUT2D eigenvalue weighted by Crippen LogP contribution is -2.71. The summed E-state index contributed by atoms with van der Waals surface area (Å²) in [5.41, 5.74) is 1.52. The molecule has 3 heterocycles. The molecule has 0 aromatic heterocycles. The van der Waals surface area contributed by atoms with E-state index in [1.807, 2.05) is 30.3 Å². The fraction of sp³-hybridized carbons (Fsp3) is 0.478. The highest BCUT2D eigenvalue weighted by molar-refractivity contribution is 8.22. The topological polar surface area (TPSA) is 93.2 Å². The van der Waals surface area contributed by atoms with E-state index in [1.54, 1.807) is 6.92 Å². The van der Waals surface area contributed by atoms with Crippen molar-refractivity contribution < 1.29 is 19.5 Å². The van der Waals surface area contributed by atoms with Gasteiger partial charge in [-0.3, -0.25) is 19.4 Å². The lowest BCUT2D eigenvalue weighted by Gasteiger charge is -2.50. The lowest BCUT2D eigenvalue weighted by molar-refractivity contribution is -0.151. The highest BCUT2D eigenvalue weighted by Gasteiger charge is 2.54. The average Bonchev–Trinajstić information content (AvgIpc) is 2.79. The van der Waals surface area contributed by atoms with Crippen LogP contribution in [0.4, 0.5) is 0 Å². The van der Waals surface area contributed by atoms with Crippen LogP contribution in [0.25, 0.3) is 0 Å². The quantitative estimate of drug-likeness (QED) is 0.416. The van der Waals surface area contributed by atoms with Crippen molar-refractivity contribution in [2.24, 2.45) is 5.92 Å². The standard InChI is InChI=1S/C23H28N4O4S3/c1-13(2)9-25-11-26(12-34-23(25)32)18(15-7-5-4-6-8-15)19(28)24-16-20(29)27-17(22(30)31)14(3)10-33-21(16)27/h4-8,13,16,18,21H,9-12H2,1-3H3,(H,24,28)(H,30,31)/t16-,18?,21-/m1/s1. The number of thioether (sulfide) groups is 2. The molecule has 1 unspecified atom stereocenters. The molecular weight excluding hydrogens is 492 g/mol. The summed E-state index contributed by atoms with van der Waals surface area (Å²) in [6.45, 7) is 7.30. The highest BCUT2D eigenvalue weighted by Crippen LogP contribution is 2.40. The Labute approximate surface area is 213 Å². The molecule has 1 aromatic rings. The first-order valence-corrected chi connectivity index (χ1v) is 13.5. The van der Waals surface area contributed by atoms with Crippen LogP contribution in [0.2, 0.25) is 0 Å². The Hall–Kier alpha value is -2.08. The number of nitrogens with zero attached hydrogens (tertiary/aromatic N) is 3. The first-order valence-electron chi connectivity index (χ1n) is 11.1. The van der Waals surface area contributed by atoms with E-state index in [0.717, 1.165) is 16.4 Å². The molecule has 4 rings (SSSR count). The van der Waals surface area contributed by atoms with Gasteiger partial charge in [-0.05, 0) is 24.0 Å². The van der Waals surface area contributed by atoms with Crippen LogP contribution < -0.4 is 5.32 Å². The molecule has 3 aliphatic heterocycles. The van der Waals surface area contributed by atoms with Crippen LogP contribution in [-0.4, -0.2) is 78.2 Å². The summed E-state index contributed by atoms with van der Waals surface area (Å²) in [5.74, 6) is -0.279. The van der Waals surface area contributed by atoms with Crippen molar-refractivity contribution in [3.63, 3.8) is 0 Å². The van der Waals surface area contributed by atoms with Crippen molar-refractivity contribution >= 4 is 57.8 Å². The van der Waals surface area contributed by atoms with Gasteiger partial charge in [-0.25, -0.2) is 4.79 Å². The molecule has 0 saturated carbocycles. The Morgan fingerprint density at radius 1 is 1.26 bits per heavy atom. The number of aliphatic carboxylic acids is 1. The molecular formula is C23H28N4O4S3. The number of carbonyl (C=O) groups excluding carboxylic acids is 2.